The molecule has 5 aromatic carbocycles. The minimum Gasteiger partial charge on any atom is -0.491 e. The van der Waals surface area contributed by atoms with E-state index in [1.54, 1.807) is 0 Å². The molecule has 0 bridgehead atoms. The highest BCUT2D eigenvalue weighted by molar-refractivity contribution is 5.31. The lowest BCUT2D eigenvalue weighted by molar-refractivity contribution is 0.0615. The van der Waals surface area contributed by atoms with Crippen molar-refractivity contribution in [3.63, 3.8) is 0 Å². The van der Waals surface area contributed by atoms with E-state index in [0.29, 0.717) is 24.6 Å². The molecule has 0 saturated carbocycles. The molecule has 0 unspecified atom stereocenters. The van der Waals surface area contributed by atoms with E-state index in [-0.39, 0.29) is 13.2 Å². The zero-order chi connectivity index (χ0) is 31.8. The molecule has 0 saturated heterocycles. The van der Waals surface area contributed by atoms with E-state index >= 15 is 0 Å². The standard InChI is InChI=1S/C40H44N2O4/c43-37(29-41(25-33-13-5-1-6-14-33)26-34-15-7-2-8-16-34)31-45-39-21-23-40(24-22-39)46-32-38(44)30-42(27-35-17-9-3-10-18-35)28-36-19-11-4-12-20-36/h1-24,37-38,43-44H,25-32H2/t37-,38-/m0/s1. The van der Waals surface area contributed by atoms with E-state index in [1.807, 2.05) is 97.1 Å². The van der Waals surface area contributed by atoms with E-state index in [2.05, 4.69) is 58.3 Å². The van der Waals surface area contributed by atoms with E-state index in [4.69, 9.17) is 9.47 Å². The fraction of sp³-hybridized carbons (Fsp3) is 0.250. The molecule has 2 atom stereocenters. The van der Waals surface area contributed by atoms with Gasteiger partial charge in [0.2, 0.25) is 0 Å². The summed E-state index contributed by atoms with van der Waals surface area (Å²) in [6.07, 6.45) is -1.32. The highest BCUT2D eigenvalue weighted by Crippen LogP contribution is 2.19. The summed E-state index contributed by atoms with van der Waals surface area (Å²) in [6, 6.07) is 48.5. The summed E-state index contributed by atoms with van der Waals surface area (Å²) in [4.78, 5) is 4.48. The van der Waals surface area contributed by atoms with Crippen LogP contribution in [0.15, 0.2) is 146 Å². The predicted molar refractivity (Wildman–Crippen MR) is 183 cm³/mol. The Morgan fingerprint density at radius 1 is 0.391 bits per heavy atom. The Bertz CT molecular complexity index is 1320. The second-order valence-corrected chi connectivity index (χ2v) is 11.7. The Kier molecular flexibility index (Phi) is 12.8. The first-order valence-electron chi connectivity index (χ1n) is 15.9. The largest absolute Gasteiger partial charge is 0.491 e. The highest BCUT2D eigenvalue weighted by Gasteiger charge is 2.16. The average Bonchev–Trinajstić information content (AvgIpc) is 3.09. The summed E-state index contributed by atoms with van der Waals surface area (Å²) in [5.41, 5.74) is 4.81. The Morgan fingerprint density at radius 2 is 0.652 bits per heavy atom. The number of ether oxygens (including phenoxy) is 2. The summed E-state index contributed by atoms with van der Waals surface area (Å²) in [7, 11) is 0. The van der Waals surface area contributed by atoms with Gasteiger partial charge in [-0.05, 0) is 46.5 Å². The third kappa shape index (κ3) is 11.5. The molecule has 6 heteroatoms. The first kappa shape index (κ1) is 32.9. The molecule has 0 heterocycles. The van der Waals surface area contributed by atoms with E-state index in [9.17, 15) is 10.2 Å². The predicted octanol–water partition coefficient (Wildman–Crippen LogP) is 6.57. The normalized spacial score (nSPS) is 12.6. The molecule has 0 fully saturated rings. The van der Waals surface area contributed by atoms with Crippen LogP contribution in [-0.2, 0) is 26.2 Å². The molecule has 0 aliphatic rings. The fourth-order valence-electron chi connectivity index (χ4n) is 5.45. The van der Waals surface area contributed by atoms with Crippen LogP contribution in [0.1, 0.15) is 22.3 Å². The van der Waals surface area contributed by atoms with Gasteiger partial charge in [0.25, 0.3) is 0 Å². The minimum atomic E-state index is -0.659. The van der Waals surface area contributed by atoms with Crippen LogP contribution in [0.3, 0.4) is 0 Å². The Labute approximate surface area is 273 Å². The molecule has 238 valence electrons. The number of nitrogens with zero attached hydrogens (tertiary/aromatic N) is 2. The zero-order valence-corrected chi connectivity index (χ0v) is 26.3. The molecule has 6 nitrogen and oxygen atoms in total. The van der Waals surface area contributed by atoms with Crippen LogP contribution in [0.2, 0.25) is 0 Å². The molecule has 0 aromatic heterocycles. The zero-order valence-electron chi connectivity index (χ0n) is 26.3. The van der Waals surface area contributed by atoms with Crippen molar-refractivity contribution in [3.05, 3.63) is 168 Å². The number of rotatable bonds is 18. The number of aliphatic hydroxyl groups excluding tert-OH is 2. The second-order valence-electron chi connectivity index (χ2n) is 11.7. The minimum absolute atomic E-state index is 0.178. The molecule has 5 rings (SSSR count). The maximum absolute atomic E-state index is 10.9. The first-order valence-corrected chi connectivity index (χ1v) is 15.9. The Morgan fingerprint density at radius 3 is 0.913 bits per heavy atom. The molecule has 0 radical (unpaired) electrons. The molecule has 46 heavy (non-hydrogen) atoms. The van der Waals surface area contributed by atoms with Crippen molar-refractivity contribution in [2.75, 3.05) is 26.3 Å². The van der Waals surface area contributed by atoms with E-state index in [1.165, 1.54) is 22.3 Å². The van der Waals surface area contributed by atoms with Gasteiger partial charge in [-0.3, -0.25) is 9.80 Å². The number of benzene rings is 5. The van der Waals surface area contributed by atoms with Crippen LogP contribution >= 0.6 is 0 Å². The van der Waals surface area contributed by atoms with E-state index < -0.39 is 12.2 Å². The van der Waals surface area contributed by atoms with Crippen molar-refractivity contribution in [1.29, 1.82) is 0 Å². The number of hydrogen-bond donors (Lipinski definition) is 2. The number of aliphatic hydroxyl groups is 2. The SMILES string of the molecule is O[C@H](COc1ccc(OC[C@@H](O)CN(Cc2ccccc2)Cc2ccccc2)cc1)CN(Cc1ccccc1)Cc1ccccc1. The lowest BCUT2D eigenvalue weighted by Gasteiger charge is -2.26. The lowest BCUT2D eigenvalue weighted by Crippen LogP contribution is -2.35. The van der Waals surface area contributed by atoms with Crippen LogP contribution in [-0.4, -0.2) is 58.5 Å². The van der Waals surface area contributed by atoms with Crippen LogP contribution in [0.5, 0.6) is 11.5 Å². The summed E-state index contributed by atoms with van der Waals surface area (Å²) in [5, 5.41) is 21.7. The molecular formula is C40H44N2O4. The summed E-state index contributed by atoms with van der Waals surface area (Å²) in [6.45, 7) is 4.27. The molecule has 0 aliphatic heterocycles. The van der Waals surface area contributed by atoms with Crippen molar-refractivity contribution < 1.29 is 19.7 Å². The molecular weight excluding hydrogens is 572 g/mol. The topological polar surface area (TPSA) is 65.4 Å². The Hall–Kier alpha value is -4.46. The van der Waals surface area contributed by atoms with Gasteiger partial charge in [0.05, 0.1) is 0 Å². The van der Waals surface area contributed by atoms with E-state index in [0.717, 1.165) is 26.2 Å². The Balaban J connectivity index is 1.08. The maximum Gasteiger partial charge on any atom is 0.119 e. The number of hydrogen-bond acceptors (Lipinski definition) is 6. The smallest absolute Gasteiger partial charge is 0.119 e. The van der Waals surface area contributed by atoms with Crippen molar-refractivity contribution in [1.82, 2.24) is 9.80 Å². The van der Waals surface area contributed by atoms with Gasteiger partial charge in [0.15, 0.2) is 0 Å². The van der Waals surface area contributed by atoms with Crippen LogP contribution in [0.4, 0.5) is 0 Å². The third-order valence-electron chi connectivity index (χ3n) is 7.64. The van der Waals surface area contributed by atoms with Crippen molar-refractivity contribution in [2.24, 2.45) is 0 Å². The summed E-state index contributed by atoms with van der Waals surface area (Å²) >= 11 is 0. The highest BCUT2D eigenvalue weighted by atomic mass is 16.5. The maximum atomic E-state index is 10.9. The fourth-order valence-corrected chi connectivity index (χ4v) is 5.45. The molecule has 5 aromatic rings. The molecule has 2 N–H and O–H groups in total. The van der Waals surface area contributed by atoms with Crippen LogP contribution < -0.4 is 9.47 Å². The van der Waals surface area contributed by atoms with Gasteiger partial charge in [-0.2, -0.15) is 0 Å². The third-order valence-corrected chi connectivity index (χ3v) is 7.64. The van der Waals surface area contributed by atoms with Gasteiger partial charge in [0, 0.05) is 39.3 Å². The van der Waals surface area contributed by atoms with Gasteiger partial charge >= 0.3 is 0 Å². The van der Waals surface area contributed by atoms with Gasteiger partial charge in [-0.15, -0.1) is 0 Å². The second kappa shape index (κ2) is 17.9. The average molecular weight is 617 g/mol. The molecule has 0 spiro atoms. The van der Waals surface area contributed by atoms with Gasteiger partial charge in [0.1, 0.15) is 36.9 Å². The lowest BCUT2D eigenvalue weighted by atomic mass is 10.1. The van der Waals surface area contributed by atoms with Gasteiger partial charge in [-0.25, -0.2) is 0 Å². The van der Waals surface area contributed by atoms with Crippen molar-refractivity contribution in [2.45, 2.75) is 38.4 Å². The monoisotopic (exact) mass is 616 g/mol. The van der Waals surface area contributed by atoms with Crippen LogP contribution in [0, 0.1) is 0 Å². The van der Waals surface area contributed by atoms with Gasteiger partial charge < -0.3 is 19.7 Å². The molecule has 0 amide bonds. The summed E-state index contributed by atoms with van der Waals surface area (Å²) < 4.78 is 11.9. The van der Waals surface area contributed by atoms with Crippen molar-refractivity contribution in [3.8, 4) is 11.5 Å². The first-order chi connectivity index (χ1) is 22.6. The van der Waals surface area contributed by atoms with Gasteiger partial charge in [-0.1, -0.05) is 121 Å². The van der Waals surface area contributed by atoms with Crippen molar-refractivity contribution >= 4 is 0 Å². The van der Waals surface area contributed by atoms with Crippen LogP contribution in [0.25, 0.3) is 0 Å². The summed E-state index contributed by atoms with van der Waals surface area (Å²) in [5.74, 6) is 1.31. The molecule has 0 aliphatic carbocycles. The quantitative estimate of drug-likeness (QED) is 0.116.